The summed E-state index contributed by atoms with van der Waals surface area (Å²) in [7, 11) is 2.59. The number of rotatable bonds is 6. The van der Waals surface area contributed by atoms with Crippen molar-refractivity contribution >= 4 is 17.3 Å². The summed E-state index contributed by atoms with van der Waals surface area (Å²) in [5.41, 5.74) is -1.20. The number of carbonyl (C=O) groups is 1. The topological polar surface area (TPSA) is 90.7 Å². The van der Waals surface area contributed by atoms with Gasteiger partial charge < -0.3 is 14.8 Å². The zero-order chi connectivity index (χ0) is 20.2. The van der Waals surface area contributed by atoms with E-state index < -0.39 is 28.3 Å². The van der Waals surface area contributed by atoms with E-state index in [9.17, 15) is 28.1 Å². The van der Waals surface area contributed by atoms with Crippen LogP contribution in [0.3, 0.4) is 0 Å². The van der Waals surface area contributed by atoms with Crippen LogP contribution in [-0.4, -0.2) is 25.1 Å². The molecule has 0 fully saturated rings. The number of ether oxygens (including phenoxy) is 2. The quantitative estimate of drug-likeness (QED) is 0.460. The Labute approximate surface area is 151 Å². The molecule has 0 atom stereocenters. The first-order valence-corrected chi connectivity index (χ1v) is 7.52. The Morgan fingerprint density at radius 1 is 1.19 bits per heavy atom. The van der Waals surface area contributed by atoms with Crippen molar-refractivity contribution in [2.24, 2.45) is 0 Å². The molecule has 0 spiro atoms. The summed E-state index contributed by atoms with van der Waals surface area (Å²) in [6, 6.07) is 6.80. The molecule has 0 saturated heterocycles. The molecule has 10 heteroatoms. The molecule has 0 saturated carbocycles. The van der Waals surface area contributed by atoms with Gasteiger partial charge in [0.25, 0.3) is 5.69 Å². The number of hydrogen-bond acceptors (Lipinski definition) is 6. The van der Waals surface area contributed by atoms with Crippen LogP contribution in [0.25, 0.3) is 0 Å². The van der Waals surface area contributed by atoms with Crippen molar-refractivity contribution in [3.63, 3.8) is 0 Å². The lowest BCUT2D eigenvalue weighted by molar-refractivity contribution is -0.384. The van der Waals surface area contributed by atoms with Crippen LogP contribution in [0.2, 0.25) is 0 Å². The monoisotopic (exact) mass is 384 g/mol. The number of benzene rings is 2. The van der Waals surface area contributed by atoms with E-state index in [0.29, 0.717) is 11.6 Å². The SMILES string of the molecule is COC(=O)c1cc(CNc2ccc(C(F)(F)F)cc2[N+](=O)[O-])ccc1OC. The molecular weight excluding hydrogens is 369 g/mol. The fourth-order valence-electron chi connectivity index (χ4n) is 2.34. The van der Waals surface area contributed by atoms with Gasteiger partial charge in [0.1, 0.15) is 17.0 Å². The molecule has 0 bridgehead atoms. The predicted octanol–water partition coefficient (Wildman–Crippen LogP) is 4.02. The molecule has 1 N–H and O–H groups in total. The summed E-state index contributed by atoms with van der Waals surface area (Å²) in [4.78, 5) is 22.0. The zero-order valence-corrected chi connectivity index (χ0v) is 14.3. The average molecular weight is 384 g/mol. The van der Waals surface area contributed by atoms with E-state index in [1.807, 2.05) is 0 Å². The maximum atomic E-state index is 12.7. The highest BCUT2D eigenvalue weighted by atomic mass is 19.4. The Balaban J connectivity index is 2.28. The lowest BCUT2D eigenvalue weighted by Gasteiger charge is -2.12. The molecule has 2 rings (SSSR count). The Morgan fingerprint density at radius 3 is 2.44 bits per heavy atom. The molecule has 0 aliphatic carbocycles. The standard InChI is InChI=1S/C17H15F3N2O5/c1-26-15-6-3-10(7-12(15)16(23)27-2)9-21-13-5-4-11(17(18,19)20)8-14(13)22(24)25/h3-8,21H,9H2,1-2H3. The van der Waals surface area contributed by atoms with E-state index in [-0.39, 0.29) is 23.5 Å². The number of alkyl halides is 3. The van der Waals surface area contributed by atoms with Crippen LogP contribution in [0.15, 0.2) is 36.4 Å². The van der Waals surface area contributed by atoms with Crippen molar-refractivity contribution in [1.29, 1.82) is 0 Å². The molecule has 144 valence electrons. The molecular formula is C17H15F3N2O5. The van der Waals surface area contributed by atoms with E-state index in [1.165, 1.54) is 26.4 Å². The van der Waals surface area contributed by atoms with E-state index in [1.54, 1.807) is 6.07 Å². The van der Waals surface area contributed by atoms with Crippen LogP contribution in [0.4, 0.5) is 24.5 Å². The van der Waals surface area contributed by atoms with Crippen molar-refractivity contribution in [2.45, 2.75) is 12.7 Å². The lowest BCUT2D eigenvalue weighted by atomic mass is 10.1. The molecule has 2 aromatic rings. The maximum Gasteiger partial charge on any atom is 0.416 e. The Kier molecular flexibility index (Phi) is 5.88. The van der Waals surface area contributed by atoms with E-state index in [2.05, 4.69) is 10.1 Å². The number of nitrogens with zero attached hydrogens (tertiary/aromatic N) is 1. The maximum absolute atomic E-state index is 12.7. The summed E-state index contributed by atoms with van der Waals surface area (Å²) in [6.07, 6.45) is -4.69. The minimum Gasteiger partial charge on any atom is -0.496 e. The molecule has 0 radical (unpaired) electrons. The second-order valence-corrected chi connectivity index (χ2v) is 5.37. The smallest absolute Gasteiger partial charge is 0.416 e. The average Bonchev–Trinajstić information content (AvgIpc) is 2.64. The molecule has 0 amide bonds. The Bertz CT molecular complexity index is 868. The summed E-state index contributed by atoms with van der Waals surface area (Å²) in [6.45, 7) is 0.0280. The highest BCUT2D eigenvalue weighted by Gasteiger charge is 2.33. The van der Waals surface area contributed by atoms with Crippen LogP contribution < -0.4 is 10.1 Å². The van der Waals surface area contributed by atoms with Gasteiger partial charge in [0.05, 0.1) is 24.7 Å². The number of methoxy groups -OCH3 is 2. The second kappa shape index (κ2) is 7.94. The minimum atomic E-state index is -4.69. The van der Waals surface area contributed by atoms with Gasteiger partial charge in [0.15, 0.2) is 0 Å². The van der Waals surface area contributed by atoms with Gasteiger partial charge in [-0.25, -0.2) is 4.79 Å². The van der Waals surface area contributed by atoms with Crippen molar-refractivity contribution in [3.8, 4) is 5.75 Å². The molecule has 0 unspecified atom stereocenters. The van der Waals surface area contributed by atoms with E-state index >= 15 is 0 Å². The minimum absolute atomic E-state index is 0.0280. The van der Waals surface area contributed by atoms with Gasteiger partial charge in [0.2, 0.25) is 0 Å². The van der Waals surface area contributed by atoms with Crippen LogP contribution in [0.5, 0.6) is 5.75 Å². The highest BCUT2D eigenvalue weighted by molar-refractivity contribution is 5.92. The molecule has 0 aliphatic heterocycles. The number of nitro groups is 1. The van der Waals surface area contributed by atoms with Crippen molar-refractivity contribution in [3.05, 3.63) is 63.2 Å². The molecule has 0 aliphatic rings. The number of hydrogen-bond donors (Lipinski definition) is 1. The number of nitrogens with one attached hydrogen (secondary N) is 1. The summed E-state index contributed by atoms with van der Waals surface area (Å²) < 4.78 is 47.9. The predicted molar refractivity (Wildman–Crippen MR) is 89.8 cm³/mol. The first kappa shape index (κ1) is 20.0. The lowest BCUT2D eigenvalue weighted by Crippen LogP contribution is -2.09. The van der Waals surface area contributed by atoms with Crippen molar-refractivity contribution in [2.75, 3.05) is 19.5 Å². The van der Waals surface area contributed by atoms with Crippen LogP contribution in [0.1, 0.15) is 21.5 Å². The van der Waals surface area contributed by atoms with Gasteiger partial charge >= 0.3 is 12.1 Å². The molecule has 2 aromatic carbocycles. The van der Waals surface area contributed by atoms with Crippen molar-refractivity contribution < 1.29 is 32.4 Å². The molecule has 27 heavy (non-hydrogen) atoms. The largest absolute Gasteiger partial charge is 0.496 e. The van der Waals surface area contributed by atoms with Gasteiger partial charge in [-0.3, -0.25) is 10.1 Å². The van der Waals surface area contributed by atoms with Crippen molar-refractivity contribution in [1.82, 2.24) is 0 Å². The third kappa shape index (κ3) is 4.66. The van der Waals surface area contributed by atoms with Gasteiger partial charge in [-0.05, 0) is 29.8 Å². The molecule has 0 heterocycles. The first-order valence-electron chi connectivity index (χ1n) is 7.52. The van der Waals surface area contributed by atoms with Gasteiger partial charge in [0, 0.05) is 12.6 Å². The second-order valence-electron chi connectivity index (χ2n) is 5.37. The normalized spacial score (nSPS) is 11.0. The third-order valence-corrected chi connectivity index (χ3v) is 3.67. The summed E-state index contributed by atoms with van der Waals surface area (Å²) in [5.74, 6) is -0.347. The molecule has 0 aromatic heterocycles. The van der Waals surface area contributed by atoms with Gasteiger partial charge in [-0.15, -0.1) is 0 Å². The van der Waals surface area contributed by atoms with Gasteiger partial charge in [-0.1, -0.05) is 6.07 Å². The number of halogens is 3. The zero-order valence-electron chi connectivity index (χ0n) is 14.3. The van der Waals surface area contributed by atoms with Crippen LogP contribution >= 0.6 is 0 Å². The Morgan fingerprint density at radius 2 is 1.89 bits per heavy atom. The fourth-order valence-corrected chi connectivity index (χ4v) is 2.34. The third-order valence-electron chi connectivity index (χ3n) is 3.67. The number of esters is 1. The van der Waals surface area contributed by atoms with Crippen LogP contribution in [0, 0.1) is 10.1 Å². The summed E-state index contributed by atoms with van der Waals surface area (Å²) in [5, 5.41) is 13.8. The van der Waals surface area contributed by atoms with Gasteiger partial charge in [-0.2, -0.15) is 13.2 Å². The van der Waals surface area contributed by atoms with E-state index in [0.717, 1.165) is 12.1 Å². The molecule has 7 nitrogen and oxygen atoms in total. The number of anilines is 1. The fraction of sp³-hybridized carbons (Fsp3) is 0.235. The number of carbonyl (C=O) groups excluding carboxylic acids is 1. The summed E-state index contributed by atoms with van der Waals surface area (Å²) >= 11 is 0. The first-order chi connectivity index (χ1) is 12.7. The number of nitro benzene ring substituents is 1. The van der Waals surface area contributed by atoms with Crippen LogP contribution in [-0.2, 0) is 17.5 Å². The highest BCUT2D eigenvalue weighted by Crippen LogP contribution is 2.35. The van der Waals surface area contributed by atoms with E-state index in [4.69, 9.17) is 4.74 Å². The Hall–Kier alpha value is -3.30.